The zero-order valence-corrected chi connectivity index (χ0v) is 13.3. The van der Waals surface area contributed by atoms with Crippen LogP contribution in [-0.2, 0) is 6.61 Å². The van der Waals surface area contributed by atoms with E-state index in [4.69, 9.17) is 9.84 Å². The first-order valence-corrected chi connectivity index (χ1v) is 7.97. The largest absolute Gasteiger partial charge is 0.489 e. The summed E-state index contributed by atoms with van der Waals surface area (Å²) < 4.78 is 5.80. The minimum atomic E-state index is -1.01. The molecule has 0 saturated carbocycles. The van der Waals surface area contributed by atoms with Gasteiger partial charge in [0.2, 0.25) is 0 Å². The van der Waals surface area contributed by atoms with Crippen LogP contribution in [0.2, 0.25) is 0 Å². The van der Waals surface area contributed by atoms with Crippen LogP contribution >= 0.6 is 11.3 Å². The van der Waals surface area contributed by atoms with Crippen LogP contribution in [0.1, 0.15) is 21.6 Å². The van der Waals surface area contributed by atoms with Crippen molar-refractivity contribution in [3.8, 4) is 16.3 Å². The number of aromatic carboxylic acids is 1. The van der Waals surface area contributed by atoms with Gasteiger partial charge in [0.15, 0.2) is 5.69 Å². The Morgan fingerprint density at radius 3 is 2.78 bits per heavy atom. The molecule has 0 aliphatic heterocycles. The number of benzene rings is 2. The lowest BCUT2D eigenvalue weighted by atomic mass is 10.1. The highest BCUT2D eigenvalue weighted by atomic mass is 32.1. The Balaban J connectivity index is 1.75. The molecule has 0 saturated heterocycles. The van der Waals surface area contributed by atoms with Gasteiger partial charge in [-0.15, -0.1) is 11.3 Å². The number of carbonyl (C=O) groups is 1. The van der Waals surface area contributed by atoms with Crippen molar-refractivity contribution in [1.82, 2.24) is 4.98 Å². The molecule has 5 heteroatoms. The lowest BCUT2D eigenvalue weighted by molar-refractivity contribution is 0.0691. The third kappa shape index (κ3) is 3.76. The molecule has 3 rings (SSSR count). The lowest BCUT2D eigenvalue weighted by Crippen LogP contribution is -1.97. The van der Waals surface area contributed by atoms with Crippen LogP contribution in [0.3, 0.4) is 0 Å². The van der Waals surface area contributed by atoms with E-state index in [-0.39, 0.29) is 5.69 Å². The van der Waals surface area contributed by atoms with Gasteiger partial charge in [0.25, 0.3) is 0 Å². The van der Waals surface area contributed by atoms with Crippen molar-refractivity contribution >= 4 is 17.3 Å². The molecule has 0 atom stereocenters. The van der Waals surface area contributed by atoms with E-state index in [2.05, 4.69) is 4.98 Å². The third-order valence-corrected chi connectivity index (χ3v) is 4.18. The highest BCUT2D eigenvalue weighted by Gasteiger charge is 2.10. The minimum absolute atomic E-state index is 0.0754. The molecule has 0 aliphatic carbocycles. The second kappa shape index (κ2) is 6.62. The van der Waals surface area contributed by atoms with Gasteiger partial charge in [-0.05, 0) is 36.2 Å². The van der Waals surface area contributed by atoms with Gasteiger partial charge in [-0.1, -0.05) is 30.3 Å². The van der Waals surface area contributed by atoms with Gasteiger partial charge in [0.1, 0.15) is 17.4 Å². The van der Waals surface area contributed by atoms with Crippen molar-refractivity contribution in [2.45, 2.75) is 13.5 Å². The van der Waals surface area contributed by atoms with Crippen molar-refractivity contribution in [3.63, 3.8) is 0 Å². The summed E-state index contributed by atoms with van der Waals surface area (Å²) in [7, 11) is 0. The summed E-state index contributed by atoms with van der Waals surface area (Å²) in [5, 5.41) is 11.2. The zero-order valence-electron chi connectivity index (χ0n) is 12.5. The Hall–Kier alpha value is -2.66. The molecule has 0 aliphatic rings. The van der Waals surface area contributed by atoms with E-state index in [9.17, 15) is 4.79 Å². The molecule has 0 spiro atoms. The van der Waals surface area contributed by atoms with Crippen LogP contribution in [0.5, 0.6) is 5.75 Å². The molecular formula is C18H15NO3S. The number of aromatic nitrogens is 1. The first kappa shape index (κ1) is 15.2. The molecule has 0 fully saturated rings. The molecule has 1 aromatic heterocycles. The summed E-state index contributed by atoms with van der Waals surface area (Å²) in [6.07, 6.45) is 0. The zero-order chi connectivity index (χ0) is 16.2. The van der Waals surface area contributed by atoms with Crippen LogP contribution in [-0.4, -0.2) is 16.1 Å². The number of carboxylic acids is 1. The fourth-order valence-corrected chi connectivity index (χ4v) is 2.96. The first-order chi connectivity index (χ1) is 11.1. The van der Waals surface area contributed by atoms with E-state index < -0.39 is 5.97 Å². The van der Waals surface area contributed by atoms with Gasteiger partial charge < -0.3 is 9.84 Å². The summed E-state index contributed by atoms with van der Waals surface area (Å²) in [6, 6.07) is 15.7. The van der Waals surface area contributed by atoms with Crippen molar-refractivity contribution in [1.29, 1.82) is 0 Å². The van der Waals surface area contributed by atoms with Gasteiger partial charge in [-0.3, -0.25) is 0 Å². The molecule has 0 bridgehead atoms. The minimum Gasteiger partial charge on any atom is -0.489 e. The van der Waals surface area contributed by atoms with Crippen molar-refractivity contribution in [3.05, 3.63) is 70.7 Å². The maximum absolute atomic E-state index is 10.9. The molecule has 116 valence electrons. The number of nitrogens with zero attached hydrogens (tertiary/aromatic N) is 1. The predicted molar refractivity (Wildman–Crippen MR) is 90.0 cm³/mol. The van der Waals surface area contributed by atoms with E-state index in [1.165, 1.54) is 11.3 Å². The van der Waals surface area contributed by atoms with E-state index in [1.54, 1.807) is 5.38 Å². The van der Waals surface area contributed by atoms with E-state index >= 15 is 0 Å². The Morgan fingerprint density at radius 1 is 1.22 bits per heavy atom. The maximum atomic E-state index is 10.9. The monoisotopic (exact) mass is 325 g/mol. The van der Waals surface area contributed by atoms with Crippen LogP contribution < -0.4 is 4.74 Å². The van der Waals surface area contributed by atoms with E-state index in [0.29, 0.717) is 11.6 Å². The van der Waals surface area contributed by atoms with Crippen LogP contribution in [0, 0.1) is 6.92 Å². The lowest BCUT2D eigenvalue weighted by Gasteiger charge is -2.08. The molecule has 2 aromatic carbocycles. The summed E-state index contributed by atoms with van der Waals surface area (Å²) >= 11 is 1.32. The standard InChI is InChI=1S/C18H15NO3S/c1-12-4-2-7-15(8-12)22-10-13-5-3-6-14(9-13)17-19-16(11-23-17)18(20)21/h2-9,11H,10H2,1H3,(H,20,21). The Bertz CT molecular complexity index is 842. The first-order valence-electron chi connectivity index (χ1n) is 7.09. The fourth-order valence-electron chi connectivity index (χ4n) is 2.17. The number of aryl methyl sites for hydroxylation is 1. The number of thiazole rings is 1. The number of ether oxygens (including phenoxy) is 1. The van der Waals surface area contributed by atoms with Crippen LogP contribution in [0.4, 0.5) is 0 Å². The highest BCUT2D eigenvalue weighted by molar-refractivity contribution is 7.13. The second-order valence-corrected chi connectivity index (χ2v) is 6.01. The summed E-state index contributed by atoms with van der Waals surface area (Å²) in [4.78, 5) is 15.1. The average molecular weight is 325 g/mol. The molecule has 3 aromatic rings. The Morgan fingerprint density at radius 2 is 2.04 bits per heavy atom. The van der Waals surface area contributed by atoms with Crippen LogP contribution in [0.15, 0.2) is 53.9 Å². The number of hydrogen-bond acceptors (Lipinski definition) is 4. The summed E-state index contributed by atoms with van der Waals surface area (Å²) in [6.45, 7) is 2.48. The molecule has 0 radical (unpaired) electrons. The topological polar surface area (TPSA) is 59.4 Å². The van der Waals surface area contributed by atoms with Crippen molar-refractivity contribution in [2.75, 3.05) is 0 Å². The van der Waals surface area contributed by atoms with Gasteiger partial charge in [-0.2, -0.15) is 0 Å². The Labute approximate surface area is 138 Å². The third-order valence-electron chi connectivity index (χ3n) is 3.29. The van der Waals surface area contributed by atoms with Crippen LogP contribution in [0.25, 0.3) is 10.6 Å². The van der Waals surface area contributed by atoms with Gasteiger partial charge in [-0.25, -0.2) is 9.78 Å². The molecule has 1 N–H and O–H groups in total. The fraction of sp³-hybridized carbons (Fsp3) is 0.111. The maximum Gasteiger partial charge on any atom is 0.355 e. The second-order valence-electron chi connectivity index (χ2n) is 5.15. The molecule has 0 unspecified atom stereocenters. The predicted octanol–water partition coefficient (Wildman–Crippen LogP) is 4.40. The van der Waals surface area contributed by atoms with Crippen molar-refractivity contribution in [2.24, 2.45) is 0 Å². The van der Waals surface area contributed by atoms with Gasteiger partial charge in [0.05, 0.1) is 0 Å². The van der Waals surface area contributed by atoms with Gasteiger partial charge in [0, 0.05) is 10.9 Å². The summed E-state index contributed by atoms with van der Waals surface area (Å²) in [5.41, 5.74) is 3.13. The number of carboxylic acid groups (broad SMARTS) is 1. The molecule has 1 heterocycles. The Kier molecular flexibility index (Phi) is 4.39. The smallest absolute Gasteiger partial charge is 0.355 e. The number of rotatable bonds is 5. The molecule has 4 nitrogen and oxygen atoms in total. The average Bonchev–Trinajstić information content (AvgIpc) is 3.04. The highest BCUT2D eigenvalue weighted by Crippen LogP contribution is 2.25. The van der Waals surface area contributed by atoms with E-state index in [1.807, 2.05) is 55.5 Å². The SMILES string of the molecule is Cc1cccc(OCc2cccc(-c3nc(C(=O)O)cs3)c2)c1. The van der Waals surface area contributed by atoms with E-state index in [0.717, 1.165) is 22.4 Å². The number of hydrogen-bond donors (Lipinski definition) is 1. The quantitative estimate of drug-likeness (QED) is 0.755. The normalized spacial score (nSPS) is 10.5. The van der Waals surface area contributed by atoms with Gasteiger partial charge >= 0.3 is 5.97 Å². The molecule has 23 heavy (non-hydrogen) atoms. The molecular weight excluding hydrogens is 310 g/mol. The van der Waals surface area contributed by atoms with Crippen molar-refractivity contribution < 1.29 is 14.6 Å². The summed E-state index contributed by atoms with van der Waals surface area (Å²) in [5.74, 6) is -0.177. The molecule has 0 amide bonds.